The summed E-state index contributed by atoms with van der Waals surface area (Å²) < 4.78 is 5.00. The van der Waals surface area contributed by atoms with Crippen LogP contribution in [0.25, 0.3) is 0 Å². The number of hydrogen-bond donors (Lipinski definition) is 1. The Morgan fingerprint density at radius 3 is 1.42 bits per heavy atom. The van der Waals surface area contributed by atoms with E-state index in [4.69, 9.17) is 9.84 Å². The van der Waals surface area contributed by atoms with E-state index in [-0.39, 0.29) is 19.0 Å². The van der Waals surface area contributed by atoms with Crippen molar-refractivity contribution in [2.24, 2.45) is 0 Å². The molecule has 0 aliphatic carbocycles. The molecular formula is C21H42O3. The maximum absolute atomic E-state index is 11.0. The third-order valence-electron chi connectivity index (χ3n) is 4.58. The average molecular weight is 343 g/mol. The Morgan fingerprint density at radius 2 is 1.04 bits per heavy atom. The molecule has 0 aromatic carbocycles. The van der Waals surface area contributed by atoms with E-state index in [0.29, 0.717) is 6.61 Å². The first-order chi connectivity index (χ1) is 11.8. The highest BCUT2D eigenvalue weighted by Gasteiger charge is 2.00. The van der Waals surface area contributed by atoms with Gasteiger partial charge in [0.25, 0.3) is 0 Å². The lowest BCUT2D eigenvalue weighted by Crippen LogP contribution is -2.07. The number of aliphatic hydroxyl groups excluding tert-OH is 1. The van der Waals surface area contributed by atoms with E-state index in [1.54, 1.807) is 0 Å². The van der Waals surface area contributed by atoms with Crippen LogP contribution in [0.4, 0.5) is 0 Å². The van der Waals surface area contributed by atoms with Crippen molar-refractivity contribution in [3.63, 3.8) is 0 Å². The summed E-state index contributed by atoms with van der Waals surface area (Å²) in [6.45, 7) is 2.67. The molecule has 24 heavy (non-hydrogen) atoms. The van der Waals surface area contributed by atoms with Crippen LogP contribution in [0.5, 0.6) is 0 Å². The molecule has 0 amide bonds. The van der Waals surface area contributed by atoms with Crippen LogP contribution >= 0.6 is 0 Å². The molecule has 0 fully saturated rings. The van der Waals surface area contributed by atoms with Crippen LogP contribution in [0.2, 0.25) is 0 Å². The lowest BCUT2D eigenvalue weighted by Gasteiger charge is -2.04. The van der Waals surface area contributed by atoms with Crippen LogP contribution in [-0.2, 0) is 9.53 Å². The van der Waals surface area contributed by atoms with Crippen molar-refractivity contribution in [3.8, 4) is 0 Å². The summed E-state index contributed by atoms with van der Waals surface area (Å²) in [6, 6.07) is 0. The van der Waals surface area contributed by atoms with Gasteiger partial charge in [0, 0.05) is 0 Å². The molecule has 0 saturated carbocycles. The van der Waals surface area contributed by atoms with Gasteiger partial charge in [-0.1, -0.05) is 103 Å². The summed E-state index contributed by atoms with van der Waals surface area (Å²) in [5, 5.41) is 8.58. The van der Waals surface area contributed by atoms with Gasteiger partial charge < -0.3 is 9.84 Å². The fourth-order valence-electron chi connectivity index (χ4n) is 3.00. The molecule has 0 aliphatic rings. The van der Waals surface area contributed by atoms with E-state index >= 15 is 0 Å². The molecular weight excluding hydrogens is 300 g/mol. The SMILES string of the molecule is CCCCCCCCCCCCCCCCCCOC(=O)CCO. The second-order valence-corrected chi connectivity index (χ2v) is 7.00. The van der Waals surface area contributed by atoms with Gasteiger partial charge in [0.05, 0.1) is 19.6 Å². The van der Waals surface area contributed by atoms with Crippen LogP contribution in [0.3, 0.4) is 0 Å². The van der Waals surface area contributed by atoms with Gasteiger partial charge in [0.15, 0.2) is 0 Å². The van der Waals surface area contributed by atoms with Gasteiger partial charge >= 0.3 is 5.97 Å². The first-order valence-corrected chi connectivity index (χ1v) is 10.6. The Kier molecular flexibility index (Phi) is 20.0. The second-order valence-electron chi connectivity index (χ2n) is 7.00. The molecule has 0 aromatic heterocycles. The summed E-state index contributed by atoms with van der Waals surface area (Å²) in [7, 11) is 0. The number of carbonyl (C=O) groups is 1. The fourth-order valence-corrected chi connectivity index (χ4v) is 3.00. The average Bonchev–Trinajstić information content (AvgIpc) is 2.58. The number of ether oxygens (including phenoxy) is 1. The van der Waals surface area contributed by atoms with Gasteiger partial charge in [0.1, 0.15) is 0 Å². The third kappa shape index (κ3) is 19.5. The summed E-state index contributed by atoms with van der Waals surface area (Å²) in [5.74, 6) is -0.279. The largest absolute Gasteiger partial charge is 0.466 e. The first kappa shape index (κ1) is 23.4. The first-order valence-electron chi connectivity index (χ1n) is 10.6. The molecule has 0 rings (SSSR count). The van der Waals surface area contributed by atoms with E-state index in [1.165, 1.54) is 89.9 Å². The normalized spacial score (nSPS) is 10.9. The number of aliphatic hydroxyl groups is 1. The van der Waals surface area contributed by atoms with Gasteiger partial charge in [-0.25, -0.2) is 0 Å². The maximum Gasteiger partial charge on any atom is 0.308 e. The molecule has 0 aliphatic heterocycles. The number of esters is 1. The van der Waals surface area contributed by atoms with Gasteiger partial charge in [-0.05, 0) is 6.42 Å². The zero-order chi connectivity index (χ0) is 17.7. The monoisotopic (exact) mass is 342 g/mol. The Balaban J connectivity index is 3.01. The standard InChI is InChI=1S/C21H42O3/c1-2-3-4-5-6-7-8-9-10-11-12-13-14-15-16-17-20-24-21(23)18-19-22/h22H,2-20H2,1H3. The van der Waals surface area contributed by atoms with Crippen molar-refractivity contribution >= 4 is 5.97 Å². The summed E-state index contributed by atoms with van der Waals surface area (Å²) >= 11 is 0. The second kappa shape index (κ2) is 20.5. The Morgan fingerprint density at radius 1 is 0.667 bits per heavy atom. The van der Waals surface area contributed by atoms with Crippen LogP contribution in [-0.4, -0.2) is 24.3 Å². The smallest absolute Gasteiger partial charge is 0.308 e. The van der Waals surface area contributed by atoms with Crippen molar-refractivity contribution in [2.45, 2.75) is 116 Å². The van der Waals surface area contributed by atoms with Crippen molar-refractivity contribution < 1.29 is 14.6 Å². The molecule has 144 valence electrons. The minimum absolute atomic E-state index is 0.113. The molecule has 0 radical (unpaired) electrons. The Bertz CT molecular complexity index is 253. The topological polar surface area (TPSA) is 46.5 Å². The molecule has 0 saturated heterocycles. The summed E-state index contributed by atoms with van der Waals surface area (Å²) in [4.78, 5) is 11.0. The predicted molar refractivity (Wildman–Crippen MR) is 102 cm³/mol. The molecule has 0 atom stereocenters. The van der Waals surface area contributed by atoms with Gasteiger partial charge in [-0.3, -0.25) is 4.79 Å². The van der Waals surface area contributed by atoms with Crippen LogP contribution < -0.4 is 0 Å². The van der Waals surface area contributed by atoms with Gasteiger partial charge in [-0.15, -0.1) is 0 Å². The minimum Gasteiger partial charge on any atom is -0.466 e. The lowest BCUT2D eigenvalue weighted by molar-refractivity contribution is -0.144. The molecule has 0 spiro atoms. The predicted octanol–water partition coefficient (Wildman–Crippen LogP) is 6.17. The van der Waals surface area contributed by atoms with Gasteiger partial charge in [-0.2, -0.15) is 0 Å². The number of unbranched alkanes of at least 4 members (excludes halogenated alkanes) is 15. The molecule has 0 heterocycles. The fraction of sp³-hybridized carbons (Fsp3) is 0.952. The number of rotatable bonds is 19. The van der Waals surface area contributed by atoms with E-state index in [0.717, 1.165) is 12.8 Å². The van der Waals surface area contributed by atoms with Crippen LogP contribution in [0.1, 0.15) is 116 Å². The third-order valence-corrected chi connectivity index (χ3v) is 4.58. The summed E-state index contributed by atoms with van der Waals surface area (Å²) in [5.41, 5.74) is 0. The minimum atomic E-state index is -0.279. The Hall–Kier alpha value is -0.570. The van der Waals surface area contributed by atoms with Crippen molar-refractivity contribution in [3.05, 3.63) is 0 Å². The van der Waals surface area contributed by atoms with E-state index < -0.39 is 0 Å². The van der Waals surface area contributed by atoms with E-state index in [9.17, 15) is 4.79 Å². The number of carbonyl (C=O) groups excluding carboxylic acids is 1. The highest BCUT2D eigenvalue weighted by Crippen LogP contribution is 2.13. The molecule has 1 N–H and O–H groups in total. The quantitative estimate of drug-likeness (QED) is 0.225. The number of hydrogen-bond acceptors (Lipinski definition) is 3. The van der Waals surface area contributed by atoms with Crippen molar-refractivity contribution in [2.75, 3.05) is 13.2 Å². The van der Waals surface area contributed by atoms with E-state index in [2.05, 4.69) is 6.92 Å². The van der Waals surface area contributed by atoms with Crippen LogP contribution in [0, 0.1) is 0 Å². The Labute approximate surface area is 150 Å². The maximum atomic E-state index is 11.0. The lowest BCUT2D eigenvalue weighted by atomic mass is 10.0. The van der Waals surface area contributed by atoms with Crippen molar-refractivity contribution in [1.82, 2.24) is 0 Å². The highest BCUT2D eigenvalue weighted by molar-refractivity contribution is 5.69. The summed E-state index contributed by atoms with van der Waals surface area (Å²) in [6.07, 6.45) is 21.7. The van der Waals surface area contributed by atoms with Gasteiger partial charge in [0.2, 0.25) is 0 Å². The molecule has 0 aromatic rings. The molecule has 3 nitrogen and oxygen atoms in total. The van der Waals surface area contributed by atoms with Crippen LogP contribution in [0.15, 0.2) is 0 Å². The zero-order valence-corrected chi connectivity index (χ0v) is 16.2. The van der Waals surface area contributed by atoms with Crippen molar-refractivity contribution in [1.29, 1.82) is 0 Å². The van der Waals surface area contributed by atoms with E-state index in [1.807, 2.05) is 0 Å². The molecule has 0 bridgehead atoms. The molecule has 3 heteroatoms. The molecule has 0 unspecified atom stereocenters. The zero-order valence-electron chi connectivity index (χ0n) is 16.2. The highest BCUT2D eigenvalue weighted by atomic mass is 16.5.